The van der Waals surface area contributed by atoms with E-state index >= 15 is 0 Å². The topological polar surface area (TPSA) is 17.1 Å². The Morgan fingerprint density at radius 3 is 2.39 bits per heavy atom. The van der Waals surface area contributed by atoms with Crippen LogP contribution in [0.1, 0.15) is 21.5 Å². The third-order valence-electron chi connectivity index (χ3n) is 2.63. The minimum absolute atomic E-state index is 0.156. The second-order valence-electron chi connectivity index (χ2n) is 3.89. The van der Waals surface area contributed by atoms with Gasteiger partial charge in [0.05, 0.1) is 10.0 Å². The van der Waals surface area contributed by atoms with Crippen LogP contribution in [0.15, 0.2) is 36.4 Å². The lowest BCUT2D eigenvalue weighted by atomic mass is 9.99. The Morgan fingerprint density at radius 1 is 1.00 bits per heavy atom. The van der Waals surface area contributed by atoms with E-state index in [2.05, 4.69) is 0 Å². The van der Waals surface area contributed by atoms with Gasteiger partial charge < -0.3 is 0 Å². The lowest BCUT2D eigenvalue weighted by Crippen LogP contribution is -2.04. The monoisotopic (exact) mass is 298 g/mol. The van der Waals surface area contributed by atoms with Crippen LogP contribution in [0.5, 0.6) is 0 Å². The van der Waals surface area contributed by atoms with Crippen LogP contribution in [0.4, 0.5) is 0 Å². The predicted molar refractivity (Wildman–Crippen MR) is 76.1 cm³/mol. The van der Waals surface area contributed by atoms with Crippen molar-refractivity contribution in [2.24, 2.45) is 0 Å². The van der Waals surface area contributed by atoms with Crippen LogP contribution < -0.4 is 0 Å². The highest BCUT2D eigenvalue weighted by molar-refractivity contribution is 6.44. The summed E-state index contributed by atoms with van der Waals surface area (Å²) >= 11 is 17.8. The summed E-state index contributed by atoms with van der Waals surface area (Å²) < 4.78 is 0. The van der Waals surface area contributed by atoms with E-state index in [-0.39, 0.29) is 10.8 Å². The number of carbonyl (C=O) groups excluding carboxylic acids is 1. The second kappa shape index (κ2) is 5.31. The standard InChI is InChI=1S/C14H9Cl3O/c1-8-7-9(15)5-6-10(8)14(18)11-3-2-4-12(16)13(11)17/h2-7H,1H3. The SMILES string of the molecule is Cc1cc(Cl)ccc1C(=O)c1cccc(Cl)c1Cl. The van der Waals surface area contributed by atoms with Crippen molar-refractivity contribution in [1.82, 2.24) is 0 Å². The first-order valence-corrected chi connectivity index (χ1v) is 6.39. The van der Waals surface area contributed by atoms with Crippen LogP contribution in [0, 0.1) is 6.92 Å². The van der Waals surface area contributed by atoms with Gasteiger partial charge in [0.25, 0.3) is 0 Å². The molecule has 0 radical (unpaired) electrons. The molecule has 0 spiro atoms. The average Bonchev–Trinajstić information content (AvgIpc) is 2.32. The zero-order valence-corrected chi connectivity index (χ0v) is 11.8. The molecule has 2 aromatic rings. The van der Waals surface area contributed by atoms with Gasteiger partial charge in [0.1, 0.15) is 0 Å². The molecule has 0 aliphatic carbocycles. The van der Waals surface area contributed by atoms with Crippen molar-refractivity contribution in [3.63, 3.8) is 0 Å². The van der Waals surface area contributed by atoms with E-state index < -0.39 is 0 Å². The number of halogens is 3. The number of hydrogen-bond acceptors (Lipinski definition) is 1. The molecular formula is C14H9Cl3O. The van der Waals surface area contributed by atoms with E-state index in [0.717, 1.165) is 5.56 Å². The maximum absolute atomic E-state index is 12.4. The number of rotatable bonds is 2. The summed E-state index contributed by atoms with van der Waals surface area (Å²) in [6.45, 7) is 1.83. The summed E-state index contributed by atoms with van der Waals surface area (Å²) in [7, 11) is 0. The van der Waals surface area contributed by atoms with Gasteiger partial charge in [0.15, 0.2) is 5.78 Å². The highest BCUT2D eigenvalue weighted by Crippen LogP contribution is 2.28. The molecule has 0 bridgehead atoms. The number of ketones is 1. The van der Waals surface area contributed by atoms with E-state index in [0.29, 0.717) is 21.2 Å². The lowest BCUT2D eigenvalue weighted by molar-refractivity contribution is 0.103. The maximum atomic E-state index is 12.4. The number of hydrogen-bond donors (Lipinski definition) is 0. The minimum Gasteiger partial charge on any atom is -0.289 e. The van der Waals surface area contributed by atoms with Crippen LogP contribution in [0.25, 0.3) is 0 Å². The Bertz CT molecular complexity index is 620. The molecular weight excluding hydrogens is 291 g/mol. The molecule has 0 saturated heterocycles. The Hall–Kier alpha value is -1.02. The molecule has 92 valence electrons. The Kier molecular flexibility index (Phi) is 3.96. The van der Waals surface area contributed by atoms with Gasteiger partial charge in [-0.3, -0.25) is 4.79 Å². The van der Waals surface area contributed by atoms with Gasteiger partial charge in [-0.25, -0.2) is 0 Å². The fourth-order valence-corrected chi connectivity index (χ4v) is 2.32. The Morgan fingerprint density at radius 2 is 1.72 bits per heavy atom. The normalized spacial score (nSPS) is 10.4. The summed E-state index contributed by atoms with van der Waals surface area (Å²) in [4.78, 5) is 12.4. The van der Waals surface area contributed by atoms with E-state index in [1.807, 2.05) is 6.92 Å². The zero-order chi connectivity index (χ0) is 13.3. The van der Waals surface area contributed by atoms with Crippen molar-refractivity contribution in [2.45, 2.75) is 6.92 Å². The van der Waals surface area contributed by atoms with Gasteiger partial charge in [-0.15, -0.1) is 0 Å². The molecule has 0 aromatic heterocycles. The Balaban J connectivity index is 2.51. The molecule has 0 unspecified atom stereocenters. The quantitative estimate of drug-likeness (QED) is 0.698. The van der Waals surface area contributed by atoms with Crippen molar-refractivity contribution in [2.75, 3.05) is 0 Å². The minimum atomic E-state index is -0.156. The molecule has 0 aliphatic rings. The van der Waals surface area contributed by atoms with Crippen molar-refractivity contribution in [1.29, 1.82) is 0 Å². The zero-order valence-electron chi connectivity index (χ0n) is 9.51. The van der Waals surface area contributed by atoms with Crippen molar-refractivity contribution < 1.29 is 4.79 Å². The highest BCUT2D eigenvalue weighted by atomic mass is 35.5. The first-order chi connectivity index (χ1) is 8.50. The van der Waals surface area contributed by atoms with Gasteiger partial charge >= 0.3 is 0 Å². The van der Waals surface area contributed by atoms with Gasteiger partial charge in [0.2, 0.25) is 0 Å². The van der Waals surface area contributed by atoms with Gasteiger partial charge in [-0.1, -0.05) is 40.9 Å². The molecule has 0 amide bonds. The summed E-state index contributed by atoms with van der Waals surface area (Å²) in [6, 6.07) is 10.1. The molecule has 18 heavy (non-hydrogen) atoms. The fourth-order valence-electron chi connectivity index (χ4n) is 1.71. The first-order valence-electron chi connectivity index (χ1n) is 5.25. The van der Waals surface area contributed by atoms with Gasteiger partial charge in [0, 0.05) is 16.1 Å². The molecule has 1 nitrogen and oxygen atoms in total. The average molecular weight is 300 g/mol. The first kappa shape index (κ1) is 13.4. The molecule has 0 saturated carbocycles. The van der Waals surface area contributed by atoms with Crippen molar-refractivity contribution in [3.8, 4) is 0 Å². The van der Waals surface area contributed by atoms with E-state index in [1.54, 1.807) is 36.4 Å². The maximum Gasteiger partial charge on any atom is 0.194 e. The summed E-state index contributed by atoms with van der Waals surface area (Å²) in [5.41, 5.74) is 1.78. The third-order valence-corrected chi connectivity index (χ3v) is 3.68. The number of aryl methyl sites for hydroxylation is 1. The fraction of sp³-hybridized carbons (Fsp3) is 0.0714. The molecule has 2 rings (SSSR count). The van der Waals surface area contributed by atoms with E-state index in [4.69, 9.17) is 34.8 Å². The molecule has 0 heterocycles. The van der Waals surface area contributed by atoms with Gasteiger partial charge in [-0.05, 0) is 42.8 Å². The molecule has 0 aliphatic heterocycles. The van der Waals surface area contributed by atoms with Crippen LogP contribution >= 0.6 is 34.8 Å². The van der Waals surface area contributed by atoms with Crippen LogP contribution in [-0.4, -0.2) is 5.78 Å². The number of carbonyl (C=O) groups is 1. The smallest absolute Gasteiger partial charge is 0.194 e. The Labute approximate surface area is 120 Å². The predicted octanol–water partition coefficient (Wildman–Crippen LogP) is 5.19. The second-order valence-corrected chi connectivity index (χ2v) is 5.11. The van der Waals surface area contributed by atoms with Crippen molar-refractivity contribution >= 4 is 40.6 Å². The van der Waals surface area contributed by atoms with Crippen molar-refractivity contribution in [3.05, 3.63) is 68.2 Å². The third kappa shape index (κ3) is 2.54. The van der Waals surface area contributed by atoms with E-state index in [1.165, 1.54) is 0 Å². The molecule has 2 aromatic carbocycles. The highest BCUT2D eigenvalue weighted by Gasteiger charge is 2.16. The summed E-state index contributed by atoms with van der Waals surface area (Å²) in [5, 5.41) is 1.24. The van der Waals surface area contributed by atoms with Crippen LogP contribution in [0.3, 0.4) is 0 Å². The largest absolute Gasteiger partial charge is 0.289 e. The summed E-state index contributed by atoms with van der Waals surface area (Å²) in [5.74, 6) is -0.156. The molecule has 0 N–H and O–H groups in total. The molecule has 4 heteroatoms. The number of benzene rings is 2. The van der Waals surface area contributed by atoms with Gasteiger partial charge in [-0.2, -0.15) is 0 Å². The molecule has 0 fully saturated rings. The summed E-state index contributed by atoms with van der Waals surface area (Å²) in [6.07, 6.45) is 0. The lowest BCUT2D eigenvalue weighted by Gasteiger charge is -2.08. The molecule has 0 atom stereocenters. The van der Waals surface area contributed by atoms with E-state index in [9.17, 15) is 4.79 Å². The van der Waals surface area contributed by atoms with Crippen LogP contribution in [0.2, 0.25) is 15.1 Å². The van der Waals surface area contributed by atoms with Crippen LogP contribution in [-0.2, 0) is 0 Å².